The summed E-state index contributed by atoms with van der Waals surface area (Å²) < 4.78 is 6.74. The van der Waals surface area contributed by atoms with Crippen LogP contribution < -0.4 is 5.32 Å². The molecule has 2 aromatic rings. The summed E-state index contributed by atoms with van der Waals surface area (Å²) in [4.78, 5) is 16.3. The Balaban J connectivity index is 1.52. The maximum absolute atomic E-state index is 11.6. The number of aromatic nitrogens is 3. The van der Waals surface area contributed by atoms with Crippen LogP contribution in [0.1, 0.15) is 41.4 Å². The second-order valence-electron chi connectivity index (χ2n) is 5.66. The molecule has 0 atom stereocenters. The van der Waals surface area contributed by atoms with Crippen molar-refractivity contribution in [1.29, 1.82) is 0 Å². The van der Waals surface area contributed by atoms with Crippen LogP contribution in [0.2, 0.25) is 0 Å². The molecule has 1 aliphatic heterocycles. The predicted molar refractivity (Wildman–Crippen MR) is 87.6 cm³/mol. The van der Waals surface area contributed by atoms with Gasteiger partial charge in [-0.2, -0.15) is 5.10 Å². The first-order valence-corrected chi connectivity index (χ1v) is 8.18. The van der Waals surface area contributed by atoms with Gasteiger partial charge < -0.3 is 10.1 Å². The molecule has 0 amide bonds. The molecule has 0 saturated heterocycles. The summed E-state index contributed by atoms with van der Waals surface area (Å²) in [6.07, 6.45) is 7.40. The van der Waals surface area contributed by atoms with Gasteiger partial charge in [-0.3, -0.25) is 4.68 Å². The number of ether oxygens (including phenoxy) is 1. The number of hydrogen-bond donors (Lipinski definition) is 1. The normalized spacial score (nSPS) is 13.3. The summed E-state index contributed by atoms with van der Waals surface area (Å²) in [5.74, 6) is 0.721. The number of anilines is 1. The van der Waals surface area contributed by atoms with Crippen molar-refractivity contribution in [1.82, 2.24) is 14.8 Å². The Morgan fingerprint density at radius 2 is 2.35 bits per heavy atom. The topological polar surface area (TPSA) is 69.0 Å². The number of esters is 1. The van der Waals surface area contributed by atoms with Crippen molar-refractivity contribution in [3.63, 3.8) is 0 Å². The van der Waals surface area contributed by atoms with E-state index in [1.807, 2.05) is 0 Å². The van der Waals surface area contributed by atoms with Crippen molar-refractivity contribution < 1.29 is 9.53 Å². The zero-order valence-corrected chi connectivity index (χ0v) is 13.4. The van der Waals surface area contributed by atoms with Crippen molar-refractivity contribution in [2.75, 3.05) is 18.5 Å². The summed E-state index contributed by atoms with van der Waals surface area (Å²) in [5.41, 5.74) is 2.91. The van der Waals surface area contributed by atoms with Gasteiger partial charge in [-0.05, 0) is 44.2 Å². The molecule has 6 heteroatoms. The molecule has 0 aromatic carbocycles. The Kier molecular flexibility index (Phi) is 4.90. The molecule has 0 aliphatic carbocycles. The minimum absolute atomic E-state index is 0.318. The molecule has 0 bridgehead atoms. The molecule has 2 aromatic heterocycles. The van der Waals surface area contributed by atoms with Crippen molar-refractivity contribution in [2.45, 2.75) is 39.2 Å². The molecule has 122 valence electrons. The lowest BCUT2D eigenvalue weighted by Gasteiger charge is -2.17. The molecular weight excluding hydrogens is 292 g/mol. The number of pyridine rings is 1. The van der Waals surface area contributed by atoms with Crippen LogP contribution in [0, 0.1) is 0 Å². The predicted octanol–water partition coefficient (Wildman–Crippen LogP) is 2.45. The molecule has 0 saturated carbocycles. The van der Waals surface area contributed by atoms with Gasteiger partial charge in [0.1, 0.15) is 5.82 Å². The van der Waals surface area contributed by atoms with E-state index in [1.54, 1.807) is 24.0 Å². The van der Waals surface area contributed by atoms with Crippen LogP contribution in [0.3, 0.4) is 0 Å². The van der Waals surface area contributed by atoms with Crippen LogP contribution in [0.5, 0.6) is 0 Å². The SMILES string of the molecule is CCOC(=O)c1cnn(CCCc2ccc3c(n2)NCCC3)c1. The number of carbonyl (C=O) groups is 1. The van der Waals surface area contributed by atoms with Crippen LogP contribution in [0.15, 0.2) is 24.5 Å². The largest absolute Gasteiger partial charge is 0.462 e. The van der Waals surface area contributed by atoms with Gasteiger partial charge in [-0.25, -0.2) is 9.78 Å². The maximum Gasteiger partial charge on any atom is 0.341 e. The molecule has 0 spiro atoms. The van der Waals surface area contributed by atoms with Gasteiger partial charge in [-0.15, -0.1) is 0 Å². The first kappa shape index (κ1) is 15.5. The Labute approximate surface area is 135 Å². The number of aryl methyl sites for hydroxylation is 3. The van der Waals surface area contributed by atoms with E-state index in [0.717, 1.165) is 43.9 Å². The fraction of sp³-hybridized carbons (Fsp3) is 0.471. The Hall–Kier alpha value is -2.37. The minimum Gasteiger partial charge on any atom is -0.462 e. The highest BCUT2D eigenvalue weighted by Crippen LogP contribution is 2.20. The van der Waals surface area contributed by atoms with Crippen LogP contribution in [0.25, 0.3) is 0 Å². The zero-order valence-electron chi connectivity index (χ0n) is 13.4. The molecule has 0 unspecified atom stereocenters. The van der Waals surface area contributed by atoms with Gasteiger partial charge in [0.25, 0.3) is 0 Å². The molecule has 23 heavy (non-hydrogen) atoms. The van der Waals surface area contributed by atoms with Gasteiger partial charge in [0, 0.05) is 25.0 Å². The fourth-order valence-electron chi connectivity index (χ4n) is 2.74. The third kappa shape index (κ3) is 3.88. The lowest BCUT2D eigenvalue weighted by molar-refractivity contribution is 0.0526. The van der Waals surface area contributed by atoms with Gasteiger partial charge in [0.2, 0.25) is 0 Å². The average Bonchev–Trinajstić information content (AvgIpc) is 3.04. The van der Waals surface area contributed by atoms with Gasteiger partial charge in [0.15, 0.2) is 0 Å². The summed E-state index contributed by atoms with van der Waals surface area (Å²) in [6, 6.07) is 4.29. The highest BCUT2D eigenvalue weighted by molar-refractivity contribution is 5.88. The Bertz CT molecular complexity index is 681. The molecule has 0 fully saturated rings. The second kappa shape index (κ2) is 7.26. The van der Waals surface area contributed by atoms with Crippen molar-refractivity contribution in [3.8, 4) is 0 Å². The molecule has 3 rings (SSSR count). The van der Waals surface area contributed by atoms with Crippen molar-refractivity contribution >= 4 is 11.8 Å². The van der Waals surface area contributed by atoms with Gasteiger partial charge in [-0.1, -0.05) is 6.07 Å². The van der Waals surface area contributed by atoms with Gasteiger partial charge >= 0.3 is 5.97 Å². The Morgan fingerprint density at radius 1 is 1.43 bits per heavy atom. The van der Waals surface area contributed by atoms with Crippen LogP contribution in [0.4, 0.5) is 5.82 Å². The zero-order chi connectivity index (χ0) is 16.1. The summed E-state index contributed by atoms with van der Waals surface area (Å²) >= 11 is 0. The molecular formula is C17H22N4O2. The highest BCUT2D eigenvalue weighted by atomic mass is 16.5. The summed E-state index contributed by atoms with van der Waals surface area (Å²) in [6.45, 7) is 3.93. The lowest BCUT2D eigenvalue weighted by atomic mass is 10.1. The van der Waals surface area contributed by atoms with E-state index >= 15 is 0 Å². The Morgan fingerprint density at radius 3 is 3.22 bits per heavy atom. The number of carbonyl (C=O) groups excluding carboxylic acids is 1. The van der Waals surface area contributed by atoms with E-state index in [9.17, 15) is 4.79 Å². The number of nitrogens with one attached hydrogen (secondary N) is 1. The number of rotatable bonds is 6. The van der Waals surface area contributed by atoms with Crippen LogP contribution >= 0.6 is 0 Å². The van der Waals surface area contributed by atoms with Crippen LogP contribution in [-0.4, -0.2) is 33.9 Å². The number of hydrogen-bond acceptors (Lipinski definition) is 5. The van der Waals surface area contributed by atoms with E-state index in [-0.39, 0.29) is 5.97 Å². The van der Waals surface area contributed by atoms with E-state index < -0.39 is 0 Å². The average molecular weight is 314 g/mol. The molecule has 6 nitrogen and oxygen atoms in total. The third-order valence-electron chi connectivity index (χ3n) is 3.92. The highest BCUT2D eigenvalue weighted by Gasteiger charge is 2.11. The standard InChI is InChI=1S/C17H22N4O2/c1-2-23-17(22)14-11-19-21(12-14)10-4-6-15-8-7-13-5-3-9-18-16(13)20-15/h7-8,11-12H,2-6,9-10H2,1H3,(H,18,20). The first-order chi connectivity index (χ1) is 11.3. The molecule has 3 heterocycles. The van der Waals surface area contributed by atoms with Crippen molar-refractivity contribution in [2.24, 2.45) is 0 Å². The summed E-state index contributed by atoms with van der Waals surface area (Å²) in [5, 5.41) is 7.56. The monoisotopic (exact) mass is 314 g/mol. The number of nitrogens with zero attached hydrogens (tertiary/aromatic N) is 3. The molecule has 1 aliphatic rings. The molecule has 1 N–H and O–H groups in total. The third-order valence-corrected chi connectivity index (χ3v) is 3.92. The molecule has 0 radical (unpaired) electrons. The fourth-order valence-corrected chi connectivity index (χ4v) is 2.74. The minimum atomic E-state index is -0.318. The number of fused-ring (bicyclic) bond motifs is 1. The van der Waals surface area contributed by atoms with E-state index in [0.29, 0.717) is 12.2 Å². The summed E-state index contributed by atoms with van der Waals surface area (Å²) in [7, 11) is 0. The van der Waals surface area contributed by atoms with Crippen LogP contribution in [-0.2, 0) is 24.1 Å². The lowest BCUT2D eigenvalue weighted by Crippen LogP contribution is -2.14. The second-order valence-corrected chi connectivity index (χ2v) is 5.66. The maximum atomic E-state index is 11.6. The quantitative estimate of drug-likeness (QED) is 0.829. The first-order valence-electron chi connectivity index (χ1n) is 8.18. The van der Waals surface area contributed by atoms with E-state index in [4.69, 9.17) is 4.74 Å². The van der Waals surface area contributed by atoms with Crippen molar-refractivity contribution in [3.05, 3.63) is 41.3 Å². The van der Waals surface area contributed by atoms with E-state index in [2.05, 4.69) is 27.5 Å². The van der Waals surface area contributed by atoms with E-state index in [1.165, 1.54) is 12.0 Å². The smallest absolute Gasteiger partial charge is 0.341 e. The van der Waals surface area contributed by atoms with Gasteiger partial charge in [0.05, 0.1) is 18.4 Å².